The van der Waals surface area contributed by atoms with Crippen LogP contribution in [0, 0.1) is 7.14 Å². The SMILES string of the molecule is FC(F)c1cc(I)c(I)c(CBr)n1. The number of aromatic nitrogens is 1. The summed E-state index contributed by atoms with van der Waals surface area (Å²) in [6, 6.07) is 1.42. The highest BCUT2D eigenvalue weighted by Gasteiger charge is 2.13. The van der Waals surface area contributed by atoms with Crippen LogP contribution in [-0.4, -0.2) is 4.98 Å². The summed E-state index contributed by atoms with van der Waals surface area (Å²) in [5.74, 6) is 0. The van der Waals surface area contributed by atoms with E-state index in [9.17, 15) is 8.78 Å². The van der Waals surface area contributed by atoms with Crippen molar-refractivity contribution in [3.8, 4) is 0 Å². The second kappa shape index (κ2) is 5.15. The molecule has 0 spiro atoms. The predicted molar refractivity (Wildman–Crippen MR) is 67.3 cm³/mol. The third-order valence-corrected chi connectivity index (χ3v) is 4.97. The van der Waals surface area contributed by atoms with Crippen LogP contribution in [0.1, 0.15) is 17.8 Å². The molecule has 0 radical (unpaired) electrons. The maximum absolute atomic E-state index is 12.3. The van der Waals surface area contributed by atoms with E-state index in [-0.39, 0.29) is 5.69 Å². The molecule has 0 bridgehead atoms. The van der Waals surface area contributed by atoms with Crippen molar-refractivity contribution in [2.24, 2.45) is 0 Å². The molecule has 72 valence electrons. The van der Waals surface area contributed by atoms with E-state index in [1.807, 2.05) is 22.6 Å². The minimum Gasteiger partial charge on any atom is -0.250 e. The van der Waals surface area contributed by atoms with Crippen LogP contribution in [0.25, 0.3) is 0 Å². The van der Waals surface area contributed by atoms with Gasteiger partial charge in [0.2, 0.25) is 0 Å². The van der Waals surface area contributed by atoms with Gasteiger partial charge in [0.15, 0.2) is 0 Å². The van der Waals surface area contributed by atoms with Gasteiger partial charge in [0, 0.05) is 12.5 Å². The summed E-state index contributed by atoms with van der Waals surface area (Å²) in [6.45, 7) is 0. The first-order valence-electron chi connectivity index (χ1n) is 3.25. The fourth-order valence-corrected chi connectivity index (χ4v) is 2.80. The first kappa shape index (κ1) is 12.0. The average molecular weight is 474 g/mol. The molecule has 0 unspecified atom stereocenters. The van der Waals surface area contributed by atoms with Gasteiger partial charge in [-0.15, -0.1) is 0 Å². The second-order valence-corrected chi connectivity index (χ2v) is 5.03. The number of alkyl halides is 3. The van der Waals surface area contributed by atoms with Gasteiger partial charge in [-0.3, -0.25) is 0 Å². The Labute approximate surface area is 110 Å². The van der Waals surface area contributed by atoms with Gasteiger partial charge in [-0.05, 0) is 51.2 Å². The summed E-state index contributed by atoms with van der Waals surface area (Å²) in [5, 5.41) is 0.502. The Balaban J connectivity index is 3.22. The molecule has 1 heterocycles. The lowest BCUT2D eigenvalue weighted by Gasteiger charge is -2.06. The third-order valence-electron chi connectivity index (χ3n) is 1.35. The summed E-state index contributed by atoms with van der Waals surface area (Å²) in [4.78, 5) is 3.84. The number of hydrogen-bond acceptors (Lipinski definition) is 1. The van der Waals surface area contributed by atoms with Crippen molar-refractivity contribution < 1.29 is 8.78 Å². The largest absolute Gasteiger partial charge is 0.280 e. The van der Waals surface area contributed by atoms with Crippen LogP contribution in [0.15, 0.2) is 6.07 Å². The highest BCUT2D eigenvalue weighted by Crippen LogP contribution is 2.25. The van der Waals surface area contributed by atoms with Gasteiger partial charge in [0.25, 0.3) is 6.43 Å². The number of rotatable bonds is 2. The van der Waals surface area contributed by atoms with Crippen molar-refractivity contribution in [3.63, 3.8) is 0 Å². The topological polar surface area (TPSA) is 12.9 Å². The average Bonchev–Trinajstić information content (AvgIpc) is 2.09. The number of pyridine rings is 1. The molecule has 0 fully saturated rings. The fraction of sp³-hybridized carbons (Fsp3) is 0.286. The smallest absolute Gasteiger partial charge is 0.250 e. The van der Waals surface area contributed by atoms with Crippen molar-refractivity contribution in [1.29, 1.82) is 0 Å². The Kier molecular flexibility index (Phi) is 4.76. The van der Waals surface area contributed by atoms with E-state index in [1.165, 1.54) is 6.07 Å². The van der Waals surface area contributed by atoms with Crippen LogP contribution in [0.2, 0.25) is 0 Å². The maximum atomic E-state index is 12.3. The van der Waals surface area contributed by atoms with Crippen molar-refractivity contribution >= 4 is 61.1 Å². The zero-order chi connectivity index (χ0) is 10.0. The van der Waals surface area contributed by atoms with E-state index in [4.69, 9.17) is 0 Å². The van der Waals surface area contributed by atoms with Crippen LogP contribution in [-0.2, 0) is 5.33 Å². The van der Waals surface area contributed by atoms with E-state index in [1.54, 1.807) is 0 Å². The van der Waals surface area contributed by atoms with E-state index in [0.717, 1.165) is 7.14 Å². The molecule has 0 aliphatic heterocycles. The zero-order valence-electron chi connectivity index (χ0n) is 6.20. The molecule has 0 aromatic carbocycles. The minimum atomic E-state index is -2.50. The van der Waals surface area contributed by atoms with E-state index >= 15 is 0 Å². The molecule has 1 nitrogen and oxygen atoms in total. The highest BCUT2D eigenvalue weighted by atomic mass is 127. The van der Waals surface area contributed by atoms with Gasteiger partial charge in [-0.25, -0.2) is 13.8 Å². The van der Waals surface area contributed by atoms with Crippen molar-refractivity contribution in [2.75, 3.05) is 0 Å². The molecule has 0 N–H and O–H groups in total. The molecule has 6 heteroatoms. The minimum absolute atomic E-state index is 0.153. The molecule has 0 amide bonds. The first-order chi connectivity index (χ1) is 6.06. The summed E-state index contributed by atoms with van der Waals surface area (Å²) in [7, 11) is 0. The van der Waals surface area contributed by atoms with Crippen molar-refractivity contribution in [1.82, 2.24) is 4.98 Å². The molecule has 13 heavy (non-hydrogen) atoms. The Hall–Kier alpha value is 0.950. The predicted octanol–water partition coefficient (Wildman–Crippen LogP) is 4.12. The van der Waals surface area contributed by atoms with Crippen LogP contribution in [0.4, 0.5) is 8.78 Å². The number of hydrogen-bond donors (Lipinski definition) is 0. The molecular formula is C7H4BrF2I2N. The Bertz CT molecular complexity index is 320. The second-order valence-electron chi connectivity index (χ2n) is 2.22. The van der Waals surface area contributed by atoms with Crippen molar-refractivity contribution in [3.05, 3.63) is 24.6 Å². The molecule has 0 saturated heterocycles. The summed E-state index contributed by atoms with van der Waals surface area (Å²) >= 11 is 7.34. The van der Waals surface area contributed by atoms with Crippen molar-refractivity contribution in [2.45, 2.75) is 11.8 Å². The normalized spacial score (nSPS) is 10.9. The summed E-state index contributed by atoms with van der Waals surface area (Å²) < 4.78 is 26.4. The lowest BCUT2D eigenvalue weighted by atomic mass is 10.3. The lowest BCUT2D eigenvalue weighted by Crippen LogP contribution is -1.99. The fourth-order valence-electron chi connectivity index (χ4n) is 0.769. The highest BCUT2D eigenvalue weighted by molar-refractivity contribution is 14.1. The van der Waals surface area contributed by atoms with E-state index < -0.39 is 6.43 Å². The molecule has 0 saturated carbocycles. The van der Waals surface area contributed by atoms with Gasteiger partial charge >= 0.3 is 0 Å². The molecular weight excluding hydrogens is 470 g/mol. The van der Waals surface area contributed by atoms with Gasteiger partial charge in [0.05, 0.1) is 5.69 Å². The molecule has 0 atom stereocenters. The maximum Gasteiger partial charge on any atom is 0.280 e. The molecule has 1 aromatic heterocycles. The summed E-state index contributed by atoms with van der Waals surface area (Å²) in [5.41, 5.74) is 0.516. The Morgan fingerprint density at radius 3 is 2.54 bits per heavy atom. The summed E-state index contributed by atoms with van der Waals surface area (Å²) in [6.07, 6.45) is -2.50. The first-order valence-corrected chi connectivity index (χ1v) is 6.53. The van der Waals surface area contributed by atoms with Crippen LogP contribution in [0.3, 0.4) is 0 Å². The monoisotopic (exact) mass is 473 g/mol. The Morgan fingerprint density at radius 1 is 1.46 bits per heavy atom. The van der Waals surface area contributed by atoms with Gasteiger partial charge < -0.3 is 0 Å². The zero-order valence-corrected chi connectivity index (χ0v) is 12.1. The van der Waals surface area contributed by atoms with Gasteiger partial charge in [0.1, 0.15) is 5.69 Å². The molecule has 0 aliphatic carbocycles. The molecule has 1 rings (SSSR count). The van der Waals surface area contributed by atoms with Gasteiger partial charge in [-0.2, -0.15) is 0 Å². The molecule has 1 aromatic rings. The van der Waals surface area contributed by atoms with E-state index in [2.05, 4.69) is 43.5 Å². The number of nitrogens with zero attached hydrogens (tertiary/aromatic N) is 1. The van der Waals surface area contributed by atoms with E-state index in [0.29, 0.717) is 11.0 Å². The Morgan fingerprint density at radius 2 is 2.08 bits per heavy atom. The standard InChI is InChI=1S/C7H4BrF2I2N/c8-2-5-6(12)3(11)1-4(13-5)7(9)10/h1,7H,2H2. The molecule has 0 aliphatic rings. The lowest BCUT2D eigenvalue weighted by molar-refractivity contribution is 0.145. The third kappa shape index (κ3) is 2.95. The van der Waals surface area contributed by atoms with Crippen LogP contribution < -0.4 is 0 Å². The number of halogens is 5. The van der Waals surface area contributed by atoms with Crippen LogP contribution in [0.5, 0.6) is 0 Å². The quantitative estimate of drug-likeness (QED) is 0.465. The van der Waals surface area contributed by atoms with Crippen LogP contribution >= 0.6 is 61.1 Å². The van der Waals surface area contributed by atoms with Gasteiger partial charge in [-0.1, -0.05) is 15.9 Å².